The molecule has 1 aliphatic heterocycles. The molecule has 0 saturated carbocycles. The SMILES string of the molecule is OC(CCl)CN1CCc2ccccc2C1. The van der Waals surface area contributed by atoms with Gasteiger partial charge in [0.15, 0.2) is 0 Å². The predicted octanol–water partition coefficient (Wildman–Crippen LogP) is 1.64. The first-order chi connectivity index (χ1) is 7.29. The van der Waals surface area contributed by atoms with Crippen molar-refractivity contribution < 1.29 is 5.11 Å². The molecule has 0 aromatic heterocycles. The molecule has 0 bridgehead atoms. The number of alkyl halides is 1. The molecule has 2 rings (SSSR count). The highest BCUT2D eigenvalue weighted by molar-refractivity contribution is 6.18. The van der Waals surface area contributed by atoms with E-state index in [1.54, 1.807) is 0 Å². The number of benzene rings is 1. The van der Waals surface area contributed by atoms with E-state index in [-0.39, 0.29) is 0 Å². The summed E-state index contributed by atoms with van der Waals surface area (Å²) in [6.45, 7) is 2.63. The Morgan fingerprint density at radius 2 is 2.07 bits per heavy atom. The molecule has 15 heavy (non-hydrogen) atoms. The number of rotatable bonds is 3. The number of halogens is 1. The summed E-state index contributed by atoms with van der Waals surface area (Å²) in [6.07, 6.45) is 0.669. The van der Waals surface area contributed by atoms with Crippen molar-refractivity contribution in [2.45, 2.75) is 19.1 Å². The third kappa shape index (κ3) is 2.71. The van der Waals surface area contributed by atoms with E-state index in [9.17, 15) is 5.11 Å². The van der Waals surface area contributed by atoms with Crippen LogP contribution in [0.4, 0.5) is 0 Å². The van der Waals surface area contributed by atoms with E-state index in [2.05, 4.69) is 29.2 Å². The van der Waals surface area contributed by atoms with Crippen LogP contribution >= 0.6 is 11.6 Å². The number of nitrogens with zero attached hydrogens (tertiary/aromatic N) is 1. The van der Waals surface area contributed by atoms with Crippen molar-refractivity contribution in [1.82, 2.24) is 4.90 Å². The monoisotopic (exact) mass is 225 g/mol. The number of aliphatic hydroxyl groups excluding tert-OH is 1. The second kappa shape index (κ2) is 4.97. The Hall–Kier alpha value is -0.570. The average molecular weight is 226 g/mol. The minimum absolute atomic E-state index is 0.318. The van der Waals surface area contributed by atoms with Crippen molar-refractivity contribution in [3.8, 4) is 0 Å². The molecule has 1 aliphatic rings. The van der Waals surface area contributed by atoms with Gasteiger partial charge in [0.25, 0.3) is 0 Å². The van der Waals surface area contributed by atoms with E-state index < -0.39 is 6.10 Å². The molecular formula is C12H16ClNO. The molecule has 1 heterocycles. The number of hydrogen-bond donors (Lipinski definition) is 1. The van der Waals surface area contributed by atoms with E-state index in [0.717, 1.165) is 19.5 Å². The maximum Gasteiger partial charge on any atom is 0.0802 e. The van der Waals surface area contributed by atoms with Crippen molar-refractivity contribution in [2.24, 2.45) is 0 Å². The molecule has 1 aromatic rings. The largest absolute Gasteiger partial charge is 0.391 e. The van der Waals surface area contributed by atoms with Gasteiger partial charge in [-0.3, -0.25) is 4.90 Å². The molecule has 0 fully saturated rings. The maximum atomic E-state index is 9.48. The lowest BCUT2D eigenvalue weighted by Gasteiger charge is -2.29. The highest BCUT2D eigenvalue weighted by Gasteiger charge is 2.17. The first kappa shape index (κ1) is 10.9. The summed E-state index contributed by atoms with van der Waals surface area (Å²) in [5, 5.41) is 9.48. The number of hydrogen-bond acceptors (Lipinski definition) is 2. The highest BCUT2D eigenvalue weighted by atomic mass is 35.5. The quantitative estimate of drug-likeness (QED) is 0.791. The highest BCUT2D eigenvalue weighted by Crippen LogP contribution is 2.18. The topological polar surface area (TPSA) is 23.5 Å². The molecule has 0 saturated heterocycles. The van der Waals surface area contributed by atoms with Crippen LogP contribution in [0.2, 0.25) is 0 Å². The first-order valence-corrected chi connectivity index (χ1v) is 5.86. The van der Waals surface area contributed by atoms with Crippen LogP contribution in [0, 0.1) is 0 Å². The van der Waals surface area contributed by atoms with Gasteiger partial charge in [-0.05, 0) is 17.5 Å². The lowest BCUT2D eigenvalue weighted by Crippen LogP contribution is -2.37. The summed E-state index contributed by atoms with van der Waals surface area (Å²) in [5.74, 6) is 0.318. The van der Waals surface area contributed by atoms with Gasteiger partial charge in [-0.2, -0.15) is 0 Å². The van der Waals surface area contributed by atoms with Crippen molar-refractivity contribution in [3.63, 3.8) is 0 Å². The Labute approximate surface area is 95.5 Å². The Morgan fingerprint density at radius 1 is 1.33 bits per heavy atom. The van der Waals surface area contributed by atoms with Crippen LogP contribution in [0.25, 0.3) is 0 Å². The van der Waals surface area contributed by atoms with Gasteiger partial charge in [0.2, 0.25) is 0 Å². The van der Waals surface area contributed by atoms with Gasteiger partial charge in [-0.1, -0.05) is 24.3 Å². The fraction of sp³-hybridized carbons (Fsp3) is 0.500. The Balaban J connectivity index is 1.99. The van der Waals surface area contributed by atoms with Crippen molar-refractivity contribution in [2.75, 3.05) is 19.0 Å². The van der Waals surface area contributed by atoms with E-state index in [1.165, 1.54) is 11.1 Å². The van der Waals surface area contributed by atoms with Gasteiger partial charge in [-0.15, -0.1) is 11.6 Å². The molecule has 1 unspecified atom stereocenters. The summed E-state index contributed by atoms with van der Waals surface area (Å²) in [5.41, 5.74) is 2.82. The zero-order valence-electron chi connectivity index (χ0n) is 8.69. The van der Waals surface area contributed by atoms with Crippen LogP contribution in [0.3, 0.4) is 0 Å². The Kier molecular flexibility index (Phi) is 3.62. The minimum atomic E-state index is -0.406. The fourth-order valence-corrected chi connectivity index (χ4v) is 2.15. The van der Waals surface area contributed by atoms with Crippen molar-refractivity contribution >= 4 is 11.6 Å². The van der Waals surface area contributed by atoms with Crippen LogP contribution in [0.1, 0.15) is 11.1 Å². The molecule has 0 spiro atoms. The van der Waals surface area contributed by atoms with E-state index in [4.69, 9.17) is 11.6 Å². The normalized spacial score (nSPS) is 18.5. The molecule has 1 atom stereocenters. The van der Waals surface area contributed by atoms with Gasteiger partial charge < -0.3 is 5.11 Å². The smallest absolute Gasteiger partial charge is 0.0802 e. The summed E-state index contributed by atoms with van der Waals surface area (Å²) in [4.78, 5) is 2.26. The van der Waals surface area contributed by atoms with Crippen LogP contribution in [0.15, 0.2) is 24.3 Å². The molecular weight excluding hydrogens is 210 g/mol. The van der Waals surface area contributed by atoms with Crippen LogP contribution in [-0.2, 0) is 13.0 Å². The summed E-state index contributed by atoms with van der Waals surface area (Å²) in [6, 6.07) is 8.50. The van der Waals surface area contributed by atoms with Crippen LogP contribution in [-0.4, -0.2) is 35.1 Å². The fourth-order valence-electron chi connectivity index (χ4n) is 2.06. The van der Waals surface area contributed by atoms with Crippen LogP contribution < -0.4 is 0 Å². The standard InChI is InChI=1S/C12H16ClNO/c13-7-12(15)9-14-6-5-10-3-1-2-4-11(10)8-14/h1-4,12,15H,5-9H2. The van der Waals surface area contributed by atoms with Gasteiger partial charge in [0.1, 0.15) is 0 Å². The van der Waals surface area contributed by atoms with E-state index in [1.807, 2.05) is 0 Å². The predicted molar refractivity (Wildman–Crippen MR) is 62.1 cm³/mol. The van der Waals surface area contributed by atoms with Crippen molar-refractivity contribution in [3.05, 3.63) is 35.4 Å². The summed E-state index contributed by atoms with van der Waals surface area (Å²) in [7, 11) is 0. The Bertz CT molecular complexity index is 329. The second-order valence-corrected chi connectivity index (χ2v) is 4.37. The lowest BCUT2D eigenvalue weighted by molar-refractivity contribution is 0.121. The van der Waals surface area contributed by atoms with Gasteiger partial charge in [0, 0.05) is 25.5 Å². The zero-order valence-corrected chi connectivity index (χ0v) is 9.45. The first-order valence-electron chi connectivity index (χ1n) is 5.33. The molecule has 3 heteroatoms. The third-order valence-corrected chi connectivity index (χ3v) is 3.21. The van der Waals surface area contributed by atoms with Crippen LogP contribution in [0.5, 0.6) is 0 Å². The summed E-state index contributed by atoms with van der Waals surface area (Å²) >= 11 is 5.59. The molecule has 0 radical (unpaired) electrons. The van der Waals surface area contributed by atoms with E-state index >= 15 is 0 Å². The number of aliphatic hydroxyl groups is 1. The second-order valence-electron chi connectivity index (χ2n) is 4.06. The third-order valence-electron chi connectivity index (χ3n) is 2.86. The molecule has 1 aromatic carbocycles. The molecule has 82 valence electrons. The van der Waals surface area contributed by atoms with Gasteiger partial charge >= 0.3 is 0 Å². The molecule has 1 N–H and O–H groups in total. The zero-order chi connectivity index (χ0) is 10.7. The number of fused-ring (bicyclic) bond motifs is 1. The number of β-amino-alcohol motifs (C(OH)–C–C–N with tert-alkyl or cyclic N) is 1. The maximum absolute atomic E-state index is 9.48. The molecule has 2 nitrogen and oxygen atoms in total. The summed E-state index contributed by atoms with van der Waals surface area (Å²) < 4.78 is 0. The minimum Gasteiger partial charge on any atom is -0.391 e. The Morgan fingerprint density at radius 3 is 2.80 bits per heavy atom. The lowest BCUT2D eigenvalue weighted by atomic mass is 10.00. The van der Waals surface area contributed by atoms with Gasteiger partial charge in [-0.25, -0.2) is 0 Å². The molecule has 0 aliphatic carbocycles. The average Bonchev–Trinajstić information content (AvgIpc) is 2.29. The molecule has 0 amide bonds. The van der Waals surface area contributed by atoms with Crippen molar-refractivity contribution in [1.29, 1.82) is 0 Å². The van der Waals surface area contributed by atoms with Gasteiger partial charge in [0.05, 0.1) is 6.10 Å². The van der Waals surface area contributed by atoms with E-state index in [0.29, 0.717) is 12.4 Å².